The molecule has 2 aromatic rings. The summed E-state index contributed by atoms with van der Waals surface area (Å²) in [6.07, 6.45) is 1.50. The van der Waals surface area contributed by atoms with E-state index in [9.17, 15) is 4.79 Å². The van der Waals surface area contributed by atoms with Crippen LogP contribution >= 0.6 is 35.4 Å². The zero-order valence-corrected chi connectivity index (χ0v) is 12.4. The molecule has 0 aliphatic heterocycles. The van der Waals surface area contributed by atoms with Gasteiger partial charge in [-0.15, -0.1) is 0 Å². The minimum atomic E-state index is -0.422. The van der Waals surface area contributed by atoms with E-state index in [0.29, 0.717) is 5.02 Å². The lowest BCUT2D eigenvalue weighted by Crippen LogP contribution is -2.34. The van der Waals surface area contributed by atoms with Crippen molar-refractivity contribution in [2.24, 2.45) is 0 Å². The Labute approximate surface area is 131 Å². The molecule has 7 heteroatoms. The number of anilines is 1. The van der Waals surface area contributed by atoms with E-state index in [4.69, 9.17) is 35.4 Å². The van der Waals surface area contributed by atoms with Crippen molar-refractivity contribution in [2.45, 2.75) is 0 Å². The molecule has 0 radical (unpaired) electrons. The van der Waals surface area contributed by atoms with Crippen LogP contribution in [0.25, 0.3) is 0 Å². The van der Waals surface area contributed by atoms with Crippen molar-refractivity contribution >= 4 is 52.1 Å². The third kappa shape index (κ3) is 3.90. The van der Waals surface area contributed by atoms with Crippen LogP contribution in [0, 0.1) is 0 Å². The van der Waals surface area contributed by atoms with E-state index in [0.717, 1.165) is 5.69 Å². The average Bonchev–Trinajstić information content (AvgIpc) is 2.41. The summed E-state index contributed by atoms with van der Waals surface area (Å²) < 4.78 is 0. The van der Waals surface area contributed by atoms with Crippen LogP contribution in [0.4, 0.5) is 5.69 Å². The Morgan fingerprint density at radius 2 is 1.85 bits per heavy atom. The standard InChI is InChI=1S/C13H9Cl2N3OS/c14-8-3-5-9(6-4-8)17-13(20)18-12(19)10-2-1-7-16-11(10)15/h1-7H,(H2,17,18,19,20). The predicted octanol–water partition coefficient (Wildman–Crippen LogP) is 3.52. The van der Waals surface area contributed by atoms with Gasteiger partial charge in [0.2, 0.25) is 0 Å². The van der Waals surface area contributed by atoms with Gasteiger partial charge in [-0.05, 0) is 48.6 Å². The lowest BCUT2D eigenvalue weighted by atomic mass is 10.3. The van der Waals surface area contributed by atoms with Gasteiger partial charge in [0.1, 0.15) is 5.15 Å². The SMILES string of the molecule is O=C(NC(=S)Nc1ccc(Cl)cc1)c1cccnc1Cl. The Morgan fingerprint density at radius 3 is 2.50 bits per heavy atom. The van der Waals surface area contributed by atoms with Crippen molar-refractivity contribution in [1.82, 2.24) is 10.3 Å². The highest BCUT2D eigenvalue weighted by atomic mass is 35.5. The summed E-state index contributed by atoms with van der Waals surface area (Å²) in [6.45, 7) is 0. The van der Waals surface area contributed by atoms with Crippen LogP contribution in [-0.4, -0.2) is 16.0 Å². The molecule has 1 heterocycles. The minimum absolute atomic E-state index is 0.124. The average molecular weight is 326 g/mol. The van der Waals surface area contributed by atoms with Crippen molar-refractivity contribution in [1.29, 1.82) is 0 Å². The third-order valence-electron chi connectivity index (χ3n) is 2.33. The van der Waals surface area contributed by atoms with E-state index in [1.807, 2.05) is 0 Å². The fourth-order valence-electron chi connectivity index (χ4n) is 1.42. The van der Waals surface area contributed by atoms with Crippen molar-refractivity contribution in [3.8, 4) is 0 Å². The van der Waals surface area contributed by atoms with E-state index < -0.39 is 5.91 Å². The van der Waals surface area contributed by atoms with Crippen LogP contribution in [-0.2, 0) is 0 Å². The normalized spacial score (nSPS) is 9.90. The van der Waals surface area contributed by atoms with Crippen LogP contribution in [0.2, 0.25) is 10.2 Å². The Kier molecular flexibility index (Phi) is 4.89. The molecule has 1 amide bonds. The largest absolute Gasteiger partial charge is 0.332 e. The molecular weight excluding hydrogens is 317 g/mol. The number of amides is 1. The second-order valence-corrected chi connectivity index (χ2v) is 4.96. The monoisotopic (exact) mass is 325 g/mol. The zero-order valence-electron chi connectivity index (χ0n) is 10.1. The molecule has 0 unspecified atom stereocenters. The highest BCUT2D eigenvalue weighted by Crippen LogP contribution is 2.14. The first-order valence-electron chi connectivity index (χ1n) is 5.54. The fourth-order valence-corrected chi connectivity index (χ4v) is 1.96. The summed E-state index contributed by atoms with van der Waals surface area (Å²) >= 11 is 16.7. The van der Waals surface area contributed by atoms with Gasteiger partial charge in [0.05, 0.1) is 5.56 Å². The van der Waals surface area contributed by atoms with Gasteiger partial charge in [-0.25, -0.2) is 4.98 Å². The zero-order chi connectivity index (χ0) is 14.5. The summed E-state index contributed by atoms with van der Waals surface area (Å²) in [7, 11) is 0. The molecule has 0 fully saturated rings. The van der Waals surface area contributed by atoms with Gasteiger partial charge in [0.15, 0.2) is 5.11 Å². The number of hydrogen-bond donors (Lipinski definition) is 2. The first-order chi connectivity index (χ1) is 9.56. The molecule has 4 nitrogen and oxygen atoms in total. The molecule has 2 N–H and O–H groups in total. The first-order valence-corrected chi connectivity index (χ1v) is 6.71. The quantitative estimate of drug-likeness (QED) is 0.655. The number of aromatic nitrogens is 1. The molecule has 1 aromatic carbocycles. The third-order valence-corrected chi connectivity index (χ3v) is 3.09. The van der Waals surface area contributed by atoms with Crippen LogP contribution < -0.4 is 10.6 Å². The van der Waals surface area contributed by atoms with E-state index >= 15 is 0 Å². The van der Waals surface area contributed by atoms with Gasteiger partial charge in [0.25, 0.3) is 5.91 Å². The molecule has 0 bridgehead atoms. The number of rotatable bonds is 2. The molecule has 2 rings (SSSR count). The highest BCUT2D eigenvalue weighted by Gasteiger charge is 2.12. The number of pyridine rings is 1. The molecule has 20 heavy (non-hydrogen) atoms. The van der Waals surface area contributed by atoms with Crippen LogP contribution in [0.5, 0.6) is 0 Å². The van der Waals surface area contributed by atoms with Gasteiger partial charge in [-0.2, -0.15) is 0 Å². The summed E-state index contributed by atoms with van der Waals surface area (Å²) in [5, 5.41) is 6.30. The van der Waals surface area contributed by atoms with E-state index in [1.165, 1.54) is 6.20 Å². The van der Waals surface area contributed by atoms with Gasteiger partial charge >= 0.3 is 0 Å². The number of hydrogen-bond acceptors (Lipinski definition) is 3. The Bertz CT molecular complexity index is 646. The summed E-state index contributed by atoms with van der Waals surface area (Å²) in [5.41, 5.74) is 0.978. The molecule has 1 aromatic heterocycles. The van der Waals surface area contributed by atoms with Crippen LogP contribution in [0.3, 0.4) is 0 Å². The maximum atomic E-state index is 11.9. The molecule has 102 valence electrons. The molecule has 0 aliphatic carbocycles. The van der Waals surface area contributed by atoms with Crippen LogP contribution in [0.1, 0.15) is 10.4 Å². The first kappa shape index (κ1) is 14.7. The Balaban J connectivity index is 2.00. The maximum absolute atomic E-state index is 11.9. The topological polar surface area (TPSA) is 54.0 Å². The van der Waals surface area contributed by atoms with E-state index in [1.54, 1.807) is 36.4 Å². The summed E-state index contributed by atoms with van der Waals surface area (Å²) in [6, 6.07) is 10.1. The fraction of sp³-hybridized carbons (Fsp3) is 0. The van der Waals surface area contributed by atoms with Crippen molar-refractivity contribution in [3.63, 3.8) is 0 Å². The lowest BCUT2D eigenvalue weighted by Gasteiger charge is -2.10. The number of carbonyl (C=O) groups excluding carboxylic acids is 1. The van der Waals surface area contributed by atoms with Gasteiger partial charge < -0.3 is 5.32 Å². The van der Waals surface area contributed by atoms with E-state index in [2.05, 4.69) is 15.6 Å². The highest BCUT2D eigenvalue weighted by molar-refractivity contribution is 7.80. The molecule has 0 spiro atoms. The second-order valence-electron chi connectivity index (χ2n) is 3.76. The van der Waals surface area contributed by atoms with Gasteiger partial charge in [0, 0.05) is 16.9 Å². The molecular formula is C13H9Cl2N3OS. The Hall–Kier alpha value is -1.69. The number of nitrogens with one attached hydrogen (secondary N) is 2. The van der Waals surface area contributed by atoms with Crippen molar-refractivity contribution in [2.75, 3.05) is 5.32 Å². The molecule has 0 saturated heterocycles. The summed E-state index contributed by atoms with van der Waals surface area (Å²) in [5.74, 6) is -0.422. The van der Waals surface area contributed by atoms with E-state index in [-0.39, 0.29) is 15.8 Å². The number of thiocarbonyl (C=S) groups is 1. The predicted molar refractivity (Wildman–Crippen MR) is 84.4 cm³/mol. The smallest absolute Gasteiger partial charge is 0.260 e. The molecule has 0 aliphatic rings. The van der Waals surface area contributed by atoms with Gasteiger partial charge in [-0.3, -0.25) is 10.1 Å². The lowest BCUT2D eigenvalue weighted by molar-refractivity contribution is 0.0977. The summed E-state index contributed by atoms with van der Waals surface area (Å²) in [4.78, 5) is 15.8. The number of carbonyl (C=O) groups is 1. The minimum Gasteiger partial charge on any atom is -0.332 e. The number of halogens is 2. The Morgan fingerprint density at radius 1 is 1.15 bits per heavy atom. The second kappa shape index (κ2) is 6.65. The van der Waals surface area contributed by atoms with Gasteiger partial charge in [-0.1, -0.05) is 23.2 Å². The number of benzene rings is 1. The number of nitrogens with zero attached hydrogens (tertiary/aromatic N) is 1. The maximum Gasteiger partial charge on any atom is 0.260 e. The molecule has 0 saturated carbocycles. The van der Waals surface area contributed by atoms with Crippen molar-refractivity contribution in [3.05, 3.63) is 58.3 Å². The van der Waals surface area contributed by atoms with Crippen molar-refractivity contribution < 1.29 is 4.79 Å². The molecule has 0 atom stereocenters. The van der Waals surface area contributed by atoms with Crippen LogP contribution in [0.15, 0.2) is 42.6 Å².